The predicted molar refractivity (Wildman–Crippen MR) is 59.7 cm³/mol. The molecule has 2 fully saturated rings. The molecule has 1 aliphatic carbocycles. The third kappa shape index (κ3) is 2.10. The lowest BCUT2D eigenvalue weighted by Crippen LogP contribution is -2.44. The molecule has 2 nitrogen and oxygen atoms in total. The standard InChI is InChI=1S/C12H22N2/c1-10-5-4-6-11(9-10)14-8-3-2-7-12(14)13/h10-11,13H,2-9H2,1H3. The number of piperidine rings is 1. The third-order valence-corrected chi connectivity index (χ3v) is 3.76. The summed E-state index contributed by atoms with van der Waals surface area (Å²) in [6, 6.07) is 0.701. The van der Waals surface area contributed by atoms with E-state index in [1.807, 2.05) is 0 Å². The highest BCUT2D eigenvalue weighted by Crippen LogP contribution is 2.29. The SMILES string of the molecule is CC1CCCC(N2CCCCC2=N)C1. The first kappa shape index (κ1) is 10.0. The van der Waals surface area contributed by atoms with Crippen LogP contribution in [0.3, 0.4) is 0 Å². The average Bonchev–Trinajstić information content (AvgIpc) is 2.18. The van der Waals surface area contributed by atoms with E-state index in [-0.39, 0.29) is 0 Å². The summed E-state index contributed by atoms with van der Waals surface area (Å²) in [5.41, 5.74) is 0. The Morgan fingerprint density at radius 2 is 2.07 bits per heavy atom. The maximum atomic E-state index is 7.97. The average molecular weight is 194 g/mol. The molecular weight excluding hydrogens is 172 g/mol. The van der Waals surface area contributed by atoms with Crippen LogP contribution < -0.4 is 0 Å². The topological polar surface area (TPSA) is 27.1 Å². The van der Waals surface area contributed by atoms with Crippen LogP contribution in [-0.4, -0.2) is 23.3 Å². The number of rotatable bonds is 1. The van der Waals surface area contributed by atoms with Crippen LogP contribution in [0, 0.1) is 11.3 Å². The van der Waals surface area contributed by atoms with Crippen molar-refractivity contribution in [2.75, 3.05) is 6.54 Å². The van der Waals surface area contributed by atoms with Crippen molar-refractivity contribution < 1.29 is 0 Å². The molecule has 2 heteroatoms. The minimum Gasteiger partial charge on any atom is -0.358 e. The van der Waals surface area contributed by atoms with Gasteiger partial charge in [-0.05, 0) is 31.6 Å². The van der Waals surface area contributed by atoms with E-state index in [4.69, 9.17) is 5.41 Å². The van der Waals surface area contributed by atoms with Gasteiger partial charge in [-0.3, -0.25) is 5.41 Å². The first-order valence-corrected chi connectivity index (χ1v) is 6.11. The molecule has 1 saturated heterocycles. The molecule has 14 heavy (non-hydrogen) atoms. The highest BCUT2D eigenvalue weighted by atomic mass is 15.2. The van der Waals surface area contributed by atoms with E-state index in [9.17, 15) is 0 Å². The van der Waals surface area contributed by atoms with E-state index in [0.717, 1.165) is 24.7 Å². The van der Waals surface area contributed by atoms with Gasteiger partial charge in [0.1, 0.15) is 0 Å². The van der Waals surface area contributed by atoms with Crippen LogP contribution in [0.15, 0.2) is 0 Å². The molecule has 2 aliphatic rings. The molecule has 0 aromatic heterocycles. The molecule has 1 N–H and O–H groups in total. The van der Waals surface area contributed by atoms with Gasteiger partial charge in [0.25, 0.3) is 0 Å². The first-order chi connectivity index (χ1) is 6.77. The summed E-state index contributed by atoms with van der Waals surface area (Å²) in [4.78, 5) is 2.39. The minimum atomic E-state index is 0.701. The van der Waals surface area contributed by atoms with Gasteiger partial charge in [-0.2, -0.15) is 0 Å². The van der Waals surface area contributed by atoms with Crippen molar-refractivity contribution in [2.45, 2.75) is 57.9 Å². The van der Waals surface area contributed by atoms with Gasteiger partial charge >= 0.3 is 0 Å². The zero-order chi connectivity index (χ0) is 9.97. The van der Waals surface area contributed by atoms with Gasteiger partial charge in [-0.25, -0.2) is 0 Å². The maximum Gasteiger partial charge on any atom is 0.0960 e. The second-order valence-electron chi connectivity index (χ2n) is 5.02. The monoisotopic (exact) mass is 194 g/mol. The zero-order valence-electron chi connectivity index (χ0n) is 9.26. The van der Waals surface area contributed by atoms with Crippen molar-refractivity contribution in [2.24, 2.45) is 5.92 Å². The highest BCUT2D eigenvalue weighted by molar-refractivity contribution is 5.80. The van der Waals surface area contributed by atoms with Gasteiger partial charge in [0.2, 0.25) is 0 Å². The Morgan fingerprint density at radius 1 is 1.21 bits per heavy atom. The number of nitrogens with one attached hydrogen (secondary N) is 1. The fourth-order valence-corrected chi connectivity index (χ4v) is 2.94. The van der Waals surface area contributed by atoms with Gasteiger partial charge in [0.15, 0.2) is 0 Å². The van der Waals surface area contributed by atoms with Crippen molar-refractivity contribution >= 4 is 5.84 Å². The minimum absolute atomic E-state index is 0.701. The number of likely N-dealkylation sites (tertiary alicyclic amines) is 1. The molecule has 0 aromatic rings. The molecule has 1 saturated carbocycles. The van der Waals surface area contributed by atoms with Gasteiger partial charge < -0.3 is 4.90 Å². The fraction of sp³-hybridized carbons (Fsp3) is 0.917. The second kappa shape index (κ2) is 4.33. The Balaban J connectivity index is 1.94. The Bertz CT molecular complexity index is 212. The highest BCUT2D eigenvalue weighted by Gasteiger charge is 2.27. The summed E-state index contributed by atoms with van der Waals surface area (Å²) >= 11 is 0. The first-order valence-electron chi connectivity index (χ1n) is 6.11. The molecule has 1 aliphatic heterocycles. The number of hydrogen-bond acceptors (Lipinski definition) is 1. The molecule has 0 bridgehead atoms. The predicted octanol–water partition coefficient (Wildman–Crippen LogP) is 3.03. The van der Waals surface area contributed by atoms with Crippen molar-refractivity contribution in [3.8, 4) is 0 Å². The summed E-state index contributed by atoms with van der Waals surface area (Å²) in [6.07, 6.45) is 8.97. The summed E-state index contributed by atoms with van der Waals surface area (Å²) in [5, 5.41) is 7.97. The van der Waals surface area contributed by atoms with Crippen molar-refractivity contribution in [1.29, 1.82) is 5.41 Å². The lowest BCUT2D eigenvalue weighted by atomic mass is 9.85. The van der Waals surface area contributed by atoms with Gasteiger partial charge in [0.05, 0.1) is 5.84 Å². The van der Waals surface area contributed by atoms with E-state index in [1.165, 1.54) is 38.5 Å². The quantitative estimate of drug-likeness (QED) is 0.682. The molecule has 2 unspecified atom stereocenters. The molecule has 2 atom stereocenters. The van der Waals surface area contributed by atoms with Crippen LogP contribution in [0.1, 0.15) is 51.9 Å². The molecule has 0 aromatic carbocycles. The van der Waals surface area contributed by atoms with Crippen molar-refractivity contribution in [3.05, 3.63) is 0 Å². The smallest absolute Gasteiger partial charge is 0.0960 e. The largest absolute Gasteiger partial charge is 0.358 e. The van der Waals surface area contributed by atoms with Crippen LogP contribution in [0.5, 0.6) is 0 Å². The van der Waals surface area contributed by atoms with Crippen molar-refractivity contribution in [1.82, 2.24) is 4.90 Å². The lowest BCUT2D eigenvalue weighted by Gasteiger charge is -2.40. The fourth-order valence-electron chi connectivity index (χ4n) is 2.94. The molecule has 0 spiro atoms. The summed E-state index contributed by atoms with van der Waals surface area (Å²) < 4.78 is 0. The van der Waals surface area contributed by atoms with E-state index in [2.05, 4.69) is 11.8 Å². The Kier molecular flexibility index (Phi) is 3.09. The third-order valence-electron chi connectivity index (χ3n) is 3.76. The van der Waals surface area contributed by atoms with E-state index >= 15 is 0 Å². The van der Waals surface area contributed by atoms with Crippen LogP contribution in [0.2, 0.25) is 0 Å². The van der Waals surface area contributed by atoms with E-state index < -0.39 is 0 Å². The number of amidine groups is 1. The Hall–Kier alpha value is -0.530. The Labute approximate surface area is 87.2 Å². The number of hydrogen-bond donors (Lipinski definition) is 1. The zero-order valence-corrected chi connectivity index (χ0v) is 9.26. The van der Waals surface area contributed by atoms with Gasteiger partial charge in [-0.1, -0.05) is 19.8 Å². The van der Waals surface area contributed by atoms with Crippen LogP contribution in [-0.2, 0) is 0 Å². The van der Waals surface area contributed by atoms with Crippen LogP contribution >= 0.6 is 0 Å². The summed E-state index contributed by atoms with van der Waals surface area (Å²) in [5.74, 6) is 1.79. The van der Waals surface area contributed by atoms with Gasteiger partial charge in [0, 0.05) is 19.0 Å². The second-order valence-corrected chi connectivity index (χ2v) is 5.02. The van der Waals surface area contributed by atoms with E-state index in [1.54, 1.807) is 0 Å². The van der Waals surface area contributed by atoms with E-state index in [0.29, 0.717) is 6.04 Å². The molecular formula is C12H22N2. The molecule has 2 rings (SSSR count). The molecule has 1 heterocycles. The van der Waals surface area contributed by atoms with Crippen LogP contribution in [0.4, 0.5) is 0 Å². The molecule has 0 amide bonds. The summed E-state index contributed by atoms with van der Waals surface area (Å²) in [7, 11) is 0. The Morgan fingerprint density at radius 3 is 2.79 bits per heavy atom. The van der Waals surface area contributed by atoms with Gasteiger partial charge in [-0.15, -0.1) is 0 Å². The summed E-state index contributed by atoms with van der Waals surface area (Å²) in [6.45, 7) is 3.51. The molecule has 0 radical (unpaired) electrons. The normalized spacial score (nSPS) is 34.6. The van der Waals surface area contributed by atoms with Crippen molar-refractivity contribution in [3.63, 3.8) is 0 Å². The lowest BCUT2D eigenvalue weighted by molar-refractivity contribution is 0.191. The maximum absolute atomic E-state index is 7.97. The molecule has 80 valence electrons. The van der Waals surface area contributed by atoms with Crippen LogP contribution in [0.25, 0.3) is 0 Å². The number of nitrogens with zero attached hydrogens (tertiary/aromatic N) is 1.